The predicted molar refractivity (Wildman–Crippen MR) is 127 cm³/mol. The molecular weight excluding hydrogens is 422 g/mol. The van der Waals surface area contributed by atoms with Crippen LogP contribution in [-0.2, 0) is 0 Å². The zero-order valence-corrected chi connectivity index (χ0v) is 19.2. The Balaban J connectivity index is 1.30. The molecule has 0 aliphatic carbocycles. The summed E-state index contributed by atoms with van der Waals surface area (Å²) in [6, 6.07) is 6.77. The molecule has 6 heterocycles. The molecule has 164 valence electrons. The molecular formula is C24H26ClN7. The molecule has 7 nitrogen and oxygen atoms in total. The van der Waals surface area contributed by atoms with Gasteiger partial charge in [-0.3, -0.25) is 0 Å². The molecule has 4 aromatic rings. The predicted octanol–water partition coefficient (Wildman–Crippen LogP) is 4.28. The third-order valence-electron chi connectivity index (χ3n) is 6.83. The van der Waals surface area contributed by atoms with E-state index in [2.05, 4.69) is 25.8 Å². The number of halogens is 1. The van der Waals surface area contributed by atoms with E-state index >= 15 is 0 Å². The number of nitrogens with zero attached hydrogens (tertiary/aromatic N) is 7. The SMILES string of the molecule is Cc1cn2nc(-c3cc(Cl)c4cc(N5CCC(N6CCC6)CC5)cnc4n3)cc(C)c2n1. The number of aryl methyl sites for hydroxylation is 2. The van der Waals surface area contributed by atoms with E-state index in [0.29, 0.717) is 10.7 Å². The highest BCUT2D eigenvalue weighted by atomic mass is 35.5. The van der Waals surface area contributed by atoms with Crippen molar-refractivity contribution in [2.24, 2.45) is 0 Å². The van der Waals surface area contributed by atoms with Gasteiger partial charge in [0.1, 0.15) is 5.69 Å². The number of fused-ring (bicyclic) bond motifs is 2. The van der Waals surface area contributed by atoms with Crippen molar-refractivity contribution in [2.45, 2.75) is 39.2 Å². The maximum atomic E-state index is 6.72. The fraction of sp³-hybridized carbons (Fsp3) is 0.417. The van der Waals surface area contributed by atoms with Crippen LogP contribution in [0.15, 0.2) is 30.6 Å². The Morgan fingerprint density at radius 1 is 0.969 bits per heavy atom. The van der Waals surface area contributed by atoms with Gasteiger partial charge in [-0.15, -0.1) is 0 Å². The number of hydrogen-bond donors (Lipinski definition) is 0. The number of anilines is 1. The van der Waals surface area contributed by atoms with Gasteiger partial charge in [-0.2, -0.15) is 5.10 Å². The third-order valence-corrected chi connectivity index (χ3v) is 7.14. The van der Waals surface area contributed by atoms with Crippen molar-refractivity contribution in [3.8, 4) is 11.4 Å². The Morgan fingerprint density at radius 3 is 2.53 bits per heavy atom. The number of aromatic nitrogens is 5. The molecule has 0 bridgehead atoms. The fourth-order valence-electron chi connectivity index (χ4n) is 4.92. The van der Waals surface area contributed by atoms with E-state index in [1.807, 2.05) is 38.4 Å². The highest BCUT2D eigenvalue weighted by Crippen LogP contribution is 2.31. The van der Waals surface area contributed by atoms with Crippen LogP contribution in [0.3, 0.4) is 0 Å². The number of hydrogen-bond acceptors (Lipinski definition) is 6. The Kier molecular flexibility index (Phi) is 4.77. The number of rotatable bonds is 3. The van der Waals surface area contributed by atoms with Crippen molar-refractivity contribution in [3.63, 3.8) is 0 Å². The molecule has 0 unspecified atom stereocenters. The smallest absolute Gasteiger partial charge is 0.161 e. The summed E-state index contributed by atoms with van der Waals surface area (Å²) < 4.78 is 1.81. The van der Waals surface area contributed by atoms with Gasteiger partial charge in [0.25, 0.3) is 0 Å². The summed E-state index contributed by atoms with van der Waals surface area (Å²) in [5.41, 5.74) is 6.09. The second-order valence-corrected chi connectivity index (χ2v) is 9.43. The van der Waals surface area contributed by atoms with E-state index < -0.39 is 0 Å². The minimum atomic E-state index is 0.646. The highest BCUT2D eigenvalue weighted by molar-refractivity contribution is 6.35. The summed E-state index contributed by atoms with van der Waals surface area (Å²) in [6.45, 7) is 8.66. The Labute approximate surface area is 192 Å². The van der Waals surface area contributed by atoms with Gasteiger partial charge in [0.15, 0.2) is 11.3 Å². The number of likely N-dealkylation sites (tertiary alicyclic amines) is 1. The van der Waals surface area contributed by atoms with E-state index in [1.165, 1.54) is 32.4 Å². The van der Waals surface area contributed by atoms with Crippen molar-refractivity contribution in [1.82, 2.24) is 29.5 Å². The molecule has 0 spiro atoms. The van der Waals surface area contributed by atoms with E-state index in [9.17, 15) is 0 Å². The van der Waals surface area contributed by atoms with Crippen LogP contribution < -0.4 is 4.90 Å². The van der Waals surface area contributed by atoms with Crippen molar-refractivity contribution < 1.29 is 0 Å². The zero-order chi connectivity index (χ0) is 21.8. The van der Waals surface area contributed by atoms with Gasteiger partial charge in [-0.25, -0.2) is 19.5 Å². The Morgan fingerprint density at radius 2 is 1.78 bits per heavy atom. The number of pyridine rings is 2. The molecule has 32 heavy (non-hydrogen) atoms. The van der Waals surface area contributed by atoms with Gasteiger partial charge in [-0.05, 0) is 70.0 Å². The molecule has 0 atom stereocenters. The summed E-state index contributed by atoms with van der Waals surface area (Å²) >= 11 is 6.72. The lowest BCUT2D eigenvalue weighted by molar-refractivity contribution is 0.100. The summed E-state index contributed by atoms with van der Waals surface area (Å²) in [5.74, 6) is 0. The first-order valence-corrected chi connectivity index (χ1v) is 11.7. The molecule has 0 radical (unpaired) electrons. The van der Waals surface area contributed by atoms with Crippen LogP contribution in [-0.4, -0.2) is 61.7 Å². The molecule has 2 saturated heterocycles. The van der Waals surface area contributed by atoms with E-state index in [0.717, 1.165) is 58.5 Å². The maximum absolute atomic E-state index is 6.72. The van der Waals surface area contributed by atoms with E-state index in [4.69, 9.17) is 21.7 Å². The van der Waals surface area contributed by atoms with Gasteiger partial charge in [0.05, 0.1) is 34.5 Å². The monoisotopic (exact) mass is 447 g/mol. The molecule has 0 N–H and O–H groups in total. The van der Waals surface area contributed by atoms with E-state index in [1.54, 1.807) is 4.52 Å². The lowest BCUT2D eigenvalue weighted by Gasteiger charge is -2.43. The van der Waals surface area contributed by atoms with Crippen LogP contribution in [0.1, 0.15) is 30.5 Å². The number of piperidine rings is 1. The largest absolute Gasteiger partial charge is 0.370 e. The van der Waals surface area contributed by atoms with E-state index in [-0.39, 0.29) is 0 Å². The summed E-state index contributed by atoms with van der Waals surface area (Å²) in [7, 11) is 0. The topological polar surface area (TPSA) is 62.5 Å². The van der Waals surface area contributed by atoms with Crippen LogP contribution in [0.5, 0.6) is 0 Å². The molecule has 2 fully saturated rings. The zero-order valence-electron chi connectivity index (χ0n) is 18.4. The second kappa shape index (κ2) is 7.67. The molecule has 0 aromatic carbocycles. The molecule has 2 aliphatic heterocycles. The van der Waals surface area contributed by atoms with Crippen molar-refractivity contribution in [1.29, 1.82) is 0 Å². The van der Waals surface area contributed by atoms with Crippen molar-refractivity contribution in [3.05, 3.63) is 46.9 Å². The molecule has 6 rings (SSSR count). The first kappa shape index (κ1) is 19.9. The Bertz CT molecular complexity index is 1320. The highest BCUT2D eigenvalue weighted by Gasteiger charge is 2.28. The standard InChI is InChI=1S/C24H26ClN7/c1-15-10-22(29-32-14-16(2)27-24(15)32)21-12-20(25)19-11-18(13-26-23(19)28-21)31-8-4-17(5-9-31)30-6-3-7-30/h10-14,17H,3-9H2,1-2H3. The molecule has 2 aliphatic rings. The molecule has 8 heteroatoms. The summed E-state index contributed by atoms with van der Waals surface area (Å²) in [6.07, 6.45) is 7.63. The van der Waals surface area contributed by atoms with Crippen LogP contribution in [0.4, 0.5) is 5.69 Å². The van der Waals surface area contributed by atoms with Crippen LogP contribution in [0.2, 0.25) is 5.02 Å². The maximum Gasteiger partial charge on any atom is 0.161 e. The number of imidazole rings is 1. The first-order valence-electron chi connectivity index (χ1n) is 11.3. The third kappa shape index (κ3) is 3.40. The lowest BCUT2D eigenvalue weighted by Crippen LogP contribution is -2.50. The summed E-state index contributed by atoms with van der Waals surface area (Å²) in [4.78, 5) is 19.0. The van der Waals surface area contributed by atoms with Gasteiger partial charge in [0.2, 0.25) is 0 Å². The lowest BCUT2D eigenvalue weighted by atomic mass is 9.99. The summed E-state index contributed by atoms with van der Waals surface area (Å²) in [5, 5.41) is 6.22. The van der Waals surface area contributed by atoms with Gasteiger partial charge in [-0.1, -0.05) is 11.6 Å². The molecule has 0 amide bonds. The van der Waals surface area contributed by atoms with Gasteiger partial charge in [0, 0.05) is 24.5 Å². The Hall–Kier alpha value is -2.77. The van der Waals surface area contributed by atoms with Crippen LogP contribution in [0, 0.1) is 13.8 Å². The molecule has 4 aromatic heterocycles. The van der Waals surface area contributed by atoms with Crippen molar-refractivity contribution >= 4 is 34.0 Å². The van der Waals surface area contributed by atoms with Gasteiger partial charge < -0.3 is 9.80 Å². The fourth-order valence-corrected chi connectivity index (χ4v) is 5.17. The average Bonchev–Trinajstić information content (AvgIpc) is 3.14. The van der Waals surface area contributed by atoms with Crippen LogP contribution in [0.25, 0.3) is 28.1 Å². The van der Waals surface area contributed by atoms with Crippen molar-refractivity contribution in [2.75, 3.05) is 31.1 Å². The quantitative estimate of drug-likeness (QED) is 0.467. The second-order valence-electron chi connectivity index (χ2n) is 9.02. The normalized spacial score (nSPS) is 17.9. The minimum absolute atomic E-state index is 0.646. The molecule has 0 saturated carbocycles. The van der Waals surface area contributed by atoms with Gasteiger partial charge >= 0.3 is 0 Å². The minimum Gasteiger partial charge on any atom is -0.370 e. The van der Waals surface area contributed by atoms with Crippen LogP contribution >= 0.6 is 11.6 Å². The average molecular weight is 448 g/mol. The first-order chi connectivity index (χ1) is 15.5.